The molecule has 0 aliphatic heterocycles. The van der Waals surface area contributed by atoms with Crippen LogP contribution in [0.1, 0.15) is 5.56 Å². The molecule has 1 rings (SSSR count). The molecule has 0 aromatic heterocycles. The fourth-order valence-electron chi connectivity index (χ4n) is 0.984. The first-order valence-corrected chi connectivity index (χ1v) is 3.72. The Bertz CT molecular complexity index is 219. The van der Waals surface area contributed by atoms with E-state index >= 15 is 0 Å². The number of methoxy groups -OCH3 is 2. The Labute approximate surface area is 119 Å². The van der Waals surface area contributed by atoms with Crippen molar-refractivity contribution in [1.82, 2.24) is 0 Å². The quantitative estimate of drug-likeness (QED) is 0.554. The molecule has 15 heavy (non-hydrogen) atoms. The average molecular weight is 262 g/mol. The summed E-state index contributed by atoms with van der Waals surface area (Å²) in [5, 5.41) is 0. The third-order valence-corrected chi connectivity index (χ3v) is 1.65. The predicted octanol–water partition coefficient (Wildman–Crippen LogP) is -5.21. The molecule has 0 saturated heterocycles. The van der Waals surface area contributed by atoms with Gasteiger partial charge in [0.15, 0.2) is 0 Å². The third-order valence-electron chi connectivity index (χ3n) is 1.65. The van der Waals surface area contributed by atoms with Gasteiger partial charge in [-0.25, -0.2) is 0 Å². The van der Waals surface area contributed by atoms with Crippen molar-refractivity contribution in [3.05, 3.63) is 23.8 Å². The first kappa shape index (κ1) is 20.5. The Kier molecular flexibility index (Phi) is 14.6. The molecule has 82 valence electrons. The van der Waals surface area contributed by atoms with E-state index in [4.69, 9.17) is 15.2 Å². The van der Waals surface area contributed by atoms with Crippen LogP contribution in [0.5, 0.6) is 11.5 Å². The predicted molar refractivity (Wildman–Crippen MR) is 53.2 cm³/mol. The molecule has 0 atom stereocenters. The largest absolute Gasteiger partial charge is 2.00 e. The molecular formula is C9H13Cl2MgNO2. The summed E-state index contributed by atoms with van der Waals surface area (Å²) in [6.07, 6.45) is 0. The minimum atomic E-state index is 0. The smallest absolute Gasteiger partial charge is 1.00 e. The van der Waals surface area contributed by atoms with Gasteiger partial charge in [0.2, 0.25) is 0 Å². The van der Waals surface area contributed by atoms with E-state index in [1.165, 1.54) is 0 Å². The molecule has 0 aliphatic carbocycles. The van der Waals surface area contributed by atoms with E-state index in [9.17, 15) is 0 Å². The monoisotopic (exact) mass is 261 g/mol. The average Bonchev–Trinajstić information content (AvgIpc) is 2.16. The number of halogens is 2. The van der Waals surface area contributed by atoms with E-state index in [0.717, 1.165) is 17.1 Å². The molecule has 0 heterocycles. The first-order valence-electron chi connectivity index (χ1n) is 3.72. The number of rotatable bonds is 3. The van der Waals surface area contributed by atoms with E-state index in [0.29, 0.717) is 6.54 Å². The summed E-state index contributed by atoms with van der Waals surface area (Å²) in [6.45, 7) is 0.494. The van der Waals surface area contributed by atoms with Crippen molar-refractivity contribution in [1.29, 1.82) is 0 Å². The SMILES string of the molecule is COc1cc(CN)cc(OC)c1.[Cl-].[Cl-].[Mg+2]. The summed E-state index contributed by atoms with van der Waals surface area (Å²) in [6, 6.07) is 5.60. The molecule has 0 spiro atoms. The van der Waals surface area contributed by atoms with E-state index in [1.54, 1.807) is 14.2 Å². The van der Waals surface area contributed by atoms with Gasteiger partial charge in [0, 0.05) is 12.6 Å². The van der Waals surface area contributed by atoms with Crippen LogP contribution in [0.25, 0.3) is 0 Å². The van der Waals surface area contributed by atoms with E-state index in [2.05, 4.69) is 0 Å². The van der Waals surface area contributed by atoms with Crippen LogP contribution in [0, 0.1) is 0 Å². The molecular weight excluding hydrogens is 249 g/mol. The zero-order valence-electron chi connectivity index (χ0n) is 8.80. The van der Waals surface area contributed by atoms with Crippen molar-refractivity contribution in [2.45, 2.75) is 6.54 Å². The minimum Gasteiger partial charge on any atom is -1.00 e. The normalized spacial score (nSPS) is 7.67. The summed E-state index contributed by atoms with van der Waals surface area (Å²) in [7, 11) is 3.24. The van der Waals surface area contributed by atoms with Gasteiger partial charge in [-0.05, 0) is 17.7 Å². The molecule has 1 aromatic rings. The molecule has 0 amide bonds. The van der Waals surface area contributed by atoms with Gasteiger partial charge in [-0.2, -0.15) is 0 Å². The number of benzene rings is 1. The Balaban J connectivity index is -0.000000480. The van der Waals surface area contributed by atoms with Crippen molar-refractivity contribution in [2.75, 3.05) is 14.2 Å². The van der Waals surface area contributed by atoms with Gasteiger partial charge < -0.3 is 40.0 Å². The molecule has 2 N–H and O–H groups in total. The minimum absolute atomic E-state index is 0. The molecule has 0 bridgehead atoms. The second-order valence-electron chi connectivity index (χ2n) is 2.43. The maximum atomic E-state index is 5.49. The summed E-state index contributed by atoms with van der Waals surface area (Å²) < 4.78 is 10.1. The van der Waals surface area contributed by atoms with Crippen molar-refractivity contribution < 1.29 is 34.3 Å². The summed E-state index contributed by atoms with van der Waals surface area (Å²) in [5.74, 6) is 1.55. The molecule has 0 fully saturated rings. The molecule has 3 nitrogen and oxygen atoms in total. The Morgan fingerprint density at radius 2 is 1.40 bits per heavy atom. The van der Waals surface area contributed by atoms with E-state index in [-0.39, 0.29) is 47.9 Å². The number of nitrogens with two attached hydrogens (primary N) is 1. The maximum absolute atomic E-state index is 5.49. The molecule has 0 aliphatic rings. The zero-order valence-corrected chi connectivity index (χ0v) is 11.7. The molecule has 0 radical (unpaired) electrons. The summed E-state index contributed by atoms with van der Waals surface area (Å²) >= 11 is 0. The van der Waals surface area contributed by atoms with E-state index < -0.39 is 0 Å². The standard InChI is InChI=1S/C9H13NO2.2ClH.Mg/c1-11-8-3-7(6-10)4-9(5-8)12-2;;;/h3-5H,6,10H2,1-2H3;2*1H;/q;;;+2/p-2. The fourth-order valence-corrected chi connectivity index (χ4v) is 0.984. The fraction of sp³-hybridized carbons (Fsp3) is 0.333. The van der Waals surface area contributed by atoms with Crippen LogP contribution in [0.4, 0.5) is 0 Å². The number of ether oxygens (including phenoxy) is 2. The van der Waals surface area contributed by atoms with Gasteiger partial charge in [-0.15, -0.1) is 0 Å². The first-order chi connectivity index (χ1) is 5.80. The van der Waals surface area contributed by atoms with Gasteiger partial charge >= 0.3 is 23.1 Å². The van der Waals surface area contributed by atoms with Crippen LogP contribution in [-0.2, 0) is 6.54 Å². The maximum Gasteiger partial charge on any atom is 2.00 e. The van der Waals surface area contributed by atoms with Crippen LogP contribution in [0.2, 0.25) is 0 Å². The van der Waals surface area contributed by atoms with Crippen LogP contribution in [-0.4, -0.2) is 37.3 Å². The Morgan fingerprint density at radius 1 is 1.00 bits per heavy atom. The van der Waals surface area contributed by atoms with Crippen molar-refractivity contribution in [2.24, 2.45) is 5.73 Å². The topological polar surface area (TPSA) is 44.5 Å². The van der Waals surface area contributed by atoms with Crippen molar-refractivity contribution in [3.63, 3.8) is 0 Å². The molecule has 0 unspecified atom stereocenters. The second-order valence-corrected chi connectivity index (χ2v) is 2.43. The van der Waals surface area contributed by atoms with Gasteiger partial charge in [0.1, 0.15) is 11.5 Å². The van der Waals surface area contributed by atoms with Crippen LogP contribution >= 0.6 is 0 Å². The van der Waals surface area contributed by atoms with Gasteiger partial charge in [-0.1, -0.05) is 0 Å². The Morgan fingerprint density at radius 3 is 1.67 bits per heavy atom. The third kappa shape index (κ3) is 6.32. The van der Waals surface area contributed by atoms with Crippen LogP contribution in [0.15, 0.2) is 18.2 Å². The summed E-state index contributed by atoms with van der Waals surface area (Å²) in [5.41, 5.74) is 6.49. The van der Waals surface area contributed by atoms with Gasteiger partial charge in [0.05, 0.1) is 14.2 Å². The number of hydrogen-bond donors (Lipinski definition) is 1. The molecule has 0 saturated carbocycles. The van der Waals surface area contributed by atoms with Crippen molar-refractivity contribution in [3.8, 4) is 11.5 Å². The molecule has 6 heteroatoms. The van der Waals surface area contributed by atoms with Crippen LogP contribution in [0.3, 0.4) is 0 Å². The van der Waals surface area contributed by atoms with E-state index in [1.807, 2.05) is 18.2 Å². The number of hydrogen-bond acceptors (Lipinski definition) is 3. The van der Waals surface area contributed by atoms with Crippen molar-refractivity contribution >= 4 is 23.1 Å². The Hall–Kier alpha value is 0.126. The van der Waals surface area contributed by atoms with Gasteiger partial charge in [-0.3, -0.25) is 0 Å². The zero-order chi connectivity index (χ0) is 8.97. The second kappa shape index (κ2) is 10.6. The van der Waals surface area contributed by atoms with Gasteiger partial charge in [0.25, 0.3) is 0 Å². The molecule has 1 aromatic carbocycles. The van der Waals surface area contributed by atoms with Crippen LogP contribution < -0.4 is 40.0 Å². The summed E-state index contributed by atoms with van der Waals surface area (Å²) in [4.78, 5) is 0.